The molecular formula is C34H40N6O6. The van der Waals surface area contributed by atoms with E-state index in [0.29, 0.717) is 31.4 Å². The van der Waals surface area contributed by atoms with Gasteiger partial charge in [-0.15, -0.1) is 0 Å². The number of hydrogen-bond donors (Lipinski definition) is 5. The fourth-order valence-corrected chi connectivity index (χ4v) is 6.23. The van der Waals surface area contributed by atoms with Crippen molar-refractivity contribution in [1.82, 2.24) is 20.4 Å². The van der Waals surface area contributed by atoms with Crippen LogP contribution in [-0.4, -0.2) is 88.2 Å². The number of phenols is 1. The predicted octanol–water partition coefficient (Wildman–Crippen LogP) is 0.726. The summed E-state index contributed by atoms with van der Waals surface area (Å²) in [4.78, 5) is 71.3. The number of carbonyl (C=O) groups excluding carboxylic acids is 5. The molecule has 5 amide bonds. The van der Waals surface area contributed by atoms with Gasteiger partial charge in [0.05, 0.1) is 12.6 Å². The Hall–Kier alpha value is -4.81. The van der Waals surface area contributed by atoms with E-state index >= 15 is 0 Å². The molecule has 0 saturated carbocycles. The number of fused-ring (bicyclic) bond motifs is 2. The minimum absolute atomic E-state index is 0.0284. The van der Waals surface area contributed by atoms with E-state index in [2.05, 4.69) is 10.6 Å². The molecule has 46 heavy (non-hydrogen) atoms. The van der Waals surface area contributed by atoms with Crippen LogP contribution >= 0.6 is 0 Å². The molecule has 2 aliphatic rings. The van der Waals surface area contributed by atoms with Crippen LogP contribution in [0.15, 0.2) is 66.7 Å². The largest absolute Gasteiger partial charge is 0.508 e. The Morgan fingerprint density at radius 3 is 2.41 bits per heavy atom. The lowest BCUT2D eigenvalue weighted by molar-refractivity contribution is -0.154. The van der Waals surface area contributed by atoms with Gasteiger partial charge in [-0.25, -0.2) is 0 Å². The maximum Gasteiger partial charge on any atom is 0.249 e. The summed E-state index contributed by atoms with van der Waals surface area (Å²) in [6, 6.07) is 15.3. The van der Waals surface area contributed by atoms with E-state index < -0.39 is 60.2 Å². The molecule has 7 N–H and O–H groups in total. The van der Waals surface area contributed by atoms with Crippen LogP contribution in [0.1, 0.15) is 36.8 Å². The van der Waals surface area contributed by atoms with Crippen molar-refractivity contribution in [2.45, 2.75) is 62.7 Å². The van der Waals surface area contributed by atoms with Crippen LogP contribution in [0, 0.1) is 0 Å². The number of nitrogens with zero attached hydrogens (tertiary/aromatic N) is 2. The van der Waals surface area contributed by atoms with Crippen LogP contribution in [0.25, 0.3) is 10.8 Å². The van der Waals surface area contributed by atoms with Gasteiger partial charge in [-0.05, 0) is 72.7 Å². The Balaban J connectivity index is 1.49. The highest BCUT2D eigenvalue weighted by molar-refractivity contribution is 6.05. The first-order valence-electron chi connectivity index (χ1n) is 15.6. The predicted molar refractivity (Wildman–Crippen MR) is 171 cm³/mol. The quantitative estimate of drug-likeness (QED) is 0.241. The van der Waals surface area contributed by atoms with E-state index in [1.54, 1.807) is 12.1 Å². The zero-order valence-electron chi connectivity index (χ0n) is 25.6. The van der Waals surface area contributed by atoms with Gasteiger partial charge < -0.3 is 32.1 Å². The summed E-state index contributed by atoms with van der Waals surface area (Å²) in [6.45, 7) is -0.0323. The van der Waals surface area contributed by atoms with E-state index in [4.69, 9.17) is 11.5 Å². The lowest BCUT2D eigenvalue weighted by Gasteiger charge is -2.35. The number of nitrogens with two attached hydrogens (primary N) is 2. The highest BCUT2D eigenvalue weighted by Crippen LogP contribution is 2.23. The monoisotopic (exact) mass is 628 g/mol. The van der Waals surface area contributed by atoms with Gasteiger partial charge in [0.2, 0.25) is 29.5 Å². The van der Waals surface area contributed by atoms with Crippen molar-refractivity contribution in [3.8, 4) is 5.75 Å². The average Bonchev–Trinajstić information content (AvgIpc) is 3.55. The lowest BCUT2D eigenvalue weighted by atomic mass is 9.99. The van der Waals surface area contributed by atoms with Gasteiger partial charge in [0.25, 0.3) is 0 Å². The highest BCUT2D eigenvalue weighted by Gasteiger charge is 2.42. The number of hydrogen-bond acceptors (Lipinski definition) is 8. The van der Waals surface area contributed by atoms with Gasteiger partial charge in [0, 0.05) is 13.0 Å². The summed E-state index contributed by atoms with van der Waals surface area (Å²) in [6.07, 6.45) is 1.48. The molecule has 0 unspecified atom stereocenters. The smallest absolute Gasteiger partial charge is 0.249 e. The molecule has 242 valence electrons. The summed E-state index contributed by atoms with van der Waals surface area (Å²) in [5, 5.41) is 17.1. The fraction of sp³-hybridized carbons (Fsp3) is 0.382. The van der Waals surface area contributed by atoms with E-state index in [-0.39, 0.29) is 31.6 Å². The molecule has 5 rings (SSSR count). The summed E-state index contributed by atoms with van der Waals surface area (Å²) in [5.74, 6) is -3.15. The molecule has 12 nitrogen and oxygen atoms in total. The topological polar surface area (TPSA) is 188 Å². The molecule has 0 aromatic heterocycles. The third-order valence-corrected chi connectivity index (χ3v) is 8.63. The standard InChI is InChI=1S/C34H40N6O6/c35-15-3-7-29-32(44)38-27(19-22-9-12-23-5-1-2-6-24(23)17-22)34(46)39-16-4-8-28(39)31(43)37-20-30(42)40(29)33(45)26(36)18-21-10-13-25(41)14-11-21/h1-2,5-6,9-14,17,26-29,41H,3-4,7-8,15-16,18-20,35-36H2,(H,37,43)(H,38,44)/t26-,27-,28-,29+/m0/s1. The molecule has 2 heterocycles. The van der Waals surface area contributed by atoms with E-state index in [9.17, 15) is 29.1 Å². The summed E-state index contributed by atoms with van der Waals surface area (Å²) < 4.78 is 0. The summed E-state index contributed by atoms with van der Waals surface area (Å²) in [5.41, 5.74) is 13.5. The first-order chi connectivity index (χ1) is 22.2. The zero-order valence-corrected chi connectivity index (χ0v) is 25.6. The third kappa shape index (κ3) is 7.35. The Bertz CT molecular complexity index is 1610. The molecule has 2 fully saturated rings. The fourth-order valence-electron chi connectivity index (χ4n) is 6.23. The molecule has 12 heteroatoms. The molecular weight excluding hydrogens is 588 g/mol. The molecule has 4 atom stereocenters. The molecule has 0 bridgehead atoms. The first kappa shape index (κ1) is 32.6. The minimum Gasteiger partial charge on any atom is -0.508 e. The number of benzene rings is 3. The third-order valence-electron chi connectivity index (χ3n) is 8.63. The number of rotatable bonds is 8. The van der Waals surface area contributed by atoms with Crippen LogP contribution in [-0.2, 0) is 36.8 Å². The molecule has 3 aromatic rings. The van der Waals surface area contributed by atoms with Crippen LogP contribution in [0.3, 0.4) is 0 Å². The van der Waals surface area contributed by atoms with Gasteiger partial charge in [-0.3, -0.25) is 28.9 Å². The van der Waals surface area contributed by atoms with Crippen molar-refractivity contribution in [3.63, 3.8) is 0 Å². The normalized spacial score (nSPS) is 21.7. The Kier molecular flexibility index (Phi) is 10.3. The number of imide groups is 1. The molecule has 2 saturated heterocycles. The van der Waals surface area contributed by atoms with Crippen molar-refractivity contribution in [3.05, 3.63) is 77.9 Å². The second-order valence-electron chi connectivity index (χ2n) is 11.9. The number of phenolic OH excluding ortho intramolecular Hbond substituents is 1. The number of amides is 5. The van der Waals surface area contributed by atoms with Crippen molar-refractivity contribution in [1.29, 1.82) is 0 Å². The van der Waals surface area contributed by atoms with Crippen molar-refractivity contribution in [2.75, 3.05) is 19.6 Å². The maximum atomic E-state index is 14.1. The van der Waals surface area contributed by atoms with Crippen molar-refractivity contribution in [2.24, 2.45) is 11.5 Å². The van der Waals surface area contributed by atoms with Crippen molar-refractivity contribution >= 4 is 40.3 Å². The average molecular weight is 629 g/mol. The Morgan fingerprint density at radius 2 is 1.67 bits per heavy atom. The summed E-state index contributed by atoms with van der Waals surface area (Å²) >= 11 is 0. The maximum absolute atomic E-state index is 14.1. The Morgan fingerprint density at radius 1 is 0.957 bits per heavy atom. The second-order valence-corrected chi connectivity index (χ2v) is 11.9. The van der Waals surface area contributed by atoms with Gasteiger partial charge >= 0.3 is 0 Å². The summed E-state index contributed by atoms with van der Waals surface area (Å²) in [7, 11) is 0. The number of aromatic hydroxyl groups is 1. The van der Waals surface area contributed by atoms with E-state index in [1.807, 2.05) is 42.5 Å². The molecule has 0 aliphatic carbocycles. The van der Waals surface area contributed by atoms with Crippen LogP contribution in [0.5, 0.6) is 5.75 Å². The van der Waals surface area contributed by atoms with Crippen molar-refractivity contribution < 1.29 is 29.1 Å². The van der Waals surface area contributed by atoms with E-state index in [1.165, 1.54) is 17.0 Å². The first-order valence-corrected chi connectivity index (χ1v) is 15.6. The molecule has 0 spiro atoms. The highest BCUT2D eigenvalue weighted by atomic mass is 16.3. The lowest BCUT2D eigenvalue weighted by Crippen LogP contribution is -2.63. The van der Waals surface area contributed by atoms with Crippen LogP contribution in [0.2, 0.25) is 0 Å². The van der Waals surface area contributed by atoms with Gasteiger partial charge in [-0.1, -0.05) is 54.6 Å². The molecule has 3 aromatic carbocycles. The zero-order chi connectivity index (χ0) is 32.8. The van der Waals surface area contributed by atoms with Crippen LogP contribution < -0.4 is 22.1 Å². The molecule has 2 aliphatic heterocycles. The molecule has 0 radical (unpaired) electrons. The van der Waals surface area contributed by atoms with Crippen LogP contribution in [0.4, 0.5) is 0 Å². The van der Waals surface area contributed by atoms with Gasteiger partial charge in [-0.2, -0.15) is 0 Å². The van der Waals surface area contributed by atoms with E-state index in [0.717, 1.165) is 21.2 Å². The number of carbonyl (C=O) groups is 5. The number of nitrogens with one attached hydrogen (secondary N) is 2. The second kappa shape index (κ2) is 14.5. The van der Waals surface area contributed by atoms with Gasteiger partial charge in [0.1, 0.15) is 23.9 Å². The SMILES string of the molecule is NCCC[C@@H]1C(=O)N[C@@H](Cc2ccc3ccccc3c2)C(=O)N2CCC[C@H]2C(=O)NCC(=O)N1C(=O)[C@@H](N)Cc1ccc(O)cc1. The van der Waals surface area contributed by atoms with Gasteiger partial charge in [0.15, 0.2) is 0 Å². The minimum atomic E-state index is -1.33. The Labute approximate surface area is 267 Å².